The Morgan fingerprint density at radius 1 is 0.892 bits per heavy atom. The van der Waals surface area contributed by atoms with Crippen molar-refractivity contribution in [1.29, 1.82) is 0 Å². The third kappa shape index (κ3) is 5.60. The molecule has 1 saturated heterocycles. The molecule has 0 unspecified atom stereocenters. The van der Waals surface area contributed by atoms with Crippen molar-refractivity contribution < 1.29 is 18.0 Å². The lowest BCUT2D eigenvalue weighted by Gasteiger charge is -2.28. The van der Waals surface area contributed by atoms with Crippen LogP contribution in [0.2, 0.25) is 0 Å². The molecule has 0 bridgehead atoms. The van der Waals surface area contributed by atoms with Gasteiger partial charge in [-0.15, -0.1) is 0 Å². The molecule has 2 aromatic rings. The number of unbranched alkanes of at least 4 members (excludes halogenated alkanes) is 2. The van der Waals surface area contributed by atoms with E-state index < -0.39 is 21.0 Å². The Balaban J connectivity index is 1.59. The Bertz CT molecular complexity index is 1240. The van der Waals surface area contributed by atoms with E-state index in [-0.39, 0.29) is 16.7 Å². The number of hydrazine groups is 1. The summed E-state index contributed by atoms with van der Waals surface area (Å²) in [4.78, 5) is 27.2. The van der Waals surface area contributed by atoms with E-state index in [9.17, 15) is 18.0 Å². The van der Waals surface area contributed by atoms with Crippen molar-refractivity contribution in [1.82, 2.24) is 14.7 Å². The van der Waals surface area contributed by atoms with Crippen molar-refractivity contribution in [3.05, 3.63) is 54.1 Å². The van der Waals surface area contributed by atoms with E-state index >= 15 is 0 Å². The number of sulfonamides is 1. The van der Waals surface area contributed by atoms with Gasteiger partial charge in [0.15, 0.2) is 0 Å². The maximum Gasteiger partial charge on any atom is 0.257 e. The quantitative estimate of drug-likeness (QED) is 0.357. The molecule has 0 aromatic heterocycles. The van der Waals surface area contributed by atoms with E-state index in [4.69, 9.17) is 0 Å². The van der Waals surface area contributed by atoms with Crippen LogP contribution in [-0.4, -0.2) is 42.3 Å². The summed E-state index contributed by atoms with van der Waals surface area (Å²) < 4.78 is 28.9. The molecule has 2 aromatic carbocycles. The fourth-order valence-electron chi connectivity index (χ4n) is 5.46. The molecule has 37 heavy (non-hydrogen) atoms. The molecule has 8 heteroatoms. The first-order valence-corrected chi connectivity index (χ1v) is 14.8. The van der Waals surface area contributed by atoms with E-state index in [0.29, 0.717) is 31.5 Å². The van der Waals surface area contributed by atoms with Crippen LogP contribution in [0.25, 0.3) is 11.1 Å². The fourth-order valence-corrected chi connectivity index (χ4v) is 7.11. The lowest BCUT2D eigenvalue weighted by molar-refractivity contribution is -0.148. The predicted molar refractivity (Wildman–Crippen MR) is 145 cm³/mol. The third-order valence-corrected chi connectivity index (χ3v) is 9.04. The van der Waals surface area contributed by atoms with Gasteiger partial charge in [-0.1, -0.05) is 75.1 Å². The molecule has 0 atom stereocenters. The maximum absolute atomic E-state index is 13.5. The lowest BCUT2D eigenvalue weighted by Crippen LogP contribution is -2.41. The highest BCUT2D eigenvalue weighted by Crippen LogP contribution is 2.46. The van der Waals surface area contributed by atoms with Crippen LogP contribution < -0.4 is 4.72 Å². The summed E-state index contributed by atoms with van der Waals surface area (Å²) in [6.45, 7) is 8.45. The average Bonchev–Trinajstić information content (AvgIpc) is 3.41. The van der Waals surface area contributed by atoms with Crippen molar-refractivity contribution in [3.63, 3.8) is 0 Å². The molecule has 1 aliphatic carbocycles. The standard InChI is InChI=1S/C29H39N3O4S/c1-5-6-11-20-31-26(33)29(18-9-10-19-29)27(34)32(31)21-22-14-16-23(17-15-22)24-12-7-8-13-25(24)37(35,36)30-28(2,3)4/h7-8,12-17,30H,5-6,9-11,18-21H2,1-4H3. The van der Waals surface area contributed by atoms with Gasteiger partial charge in [-0.05, 0) is 57.2 Å². The summed E-state index contributed by atoms with van der Waals surface area (Å²) in [5, 5.41) is 3.35. The smallest absolute Gasteiger partial charge is 0.257 e. The maximum atomic E-state index is 13.5. The average molecular weight is 526 g/mol. The van der Waals surface area contributed by atoms with Gasteiger partial charge in [0, 0.05) is 17.6 Å². The van der Waals surface area contributed by atoms with Crippen LogP contribution in [0.3, 0.4) is 0 Å². The van der Waals surface area contributed by atoms with Crippen LogP contribution in [0.5, 0.6) is 0 Å². The van der Waals surface area contributed by atoms with Crippen LogP contribution in [-0.2, 0) is 26.2 Å². The normalized spacial score (nSPS) is 17.8. The van der Waals surface area contributed by atoms with Gasteiger partial charge in [-0.3, -0.25) is 14.6 Å². The van der Waals surface area contributed by atoms with E-state index in [1.54, 1.807) is 28.2 Å². The molecule has 1 saturated carbocycles. The number of rotatable bonds is 9. The first-order chi connectivity index (χ1) is 17.5. The second-order valence-corrected chi connectivity index (χ2v) is 13.0. The Kier molecular flexibility index (Phi) is 7.81. The van der Waals surface area contributed by atoms with Gasteiger partial charge in [0.05, 0.1) is 11.4 Å². The Morgan fingerprint density at radius 2 is 1.51 bits per heavy atom. The first kappa shape index (κ1) is 27.3. The van der Waals surface area contributed by atoms with Crippen LogP contribution >= 0.6 is 0 Å². The number of benzene rings is 2. The van der Waals surface area contributed by atoms with Gasteiger partial charge in [0.1, 0.15) is 5.41 Å². The first-order valence-electron chi connectivity index (χ1n) is 13.3. The number of carbonyl (C=O) groups excluding carboxylic acids is 2. The predicted octanol–water partition coefficient (Wildman–Crippen LogP) is 5.27. The fraction of sp³-hybridized carbons (Fsp3) is 0.517. The van der Waals surface area contributed by atoms with Gasteiger partial charge in [-0.25, -0.2) is 18.1 Å². The minimum Gasteiger partial charge on any atom is -0.272 e. The molecule has 2 fully saturated rings. The van der Waals surface area contributed by atoms with E-state index in [1.807, 2.05) is 51.1 Å². The monoisotopic (exact) mass is 525 g/mol. The summed E-state index contributed by atoms with van der Waals surface area (Å²) in [7, 11) is -3.72. The topological polar surface area (TPSA) is 86.8 Å². The van der Waals surface area contributed by atoms with Gasteiger partial charge in [0.25, 0.3) is 11.8 Å². The minimum atomic E-state index is -3.72. The second-order valence-electron chi connectivity index (χ2n) is 11.3. The third-order valence-electron chi connectivity index (χ3n) is 7.22. The summed E-state index contributed by atoms with van der Waals surface area (Å²) in [5.41, 5.74) is 0.807. The molecule has 1 heterocycles. The number of hydrogen-bond acceptors (Lipinski definition) is 4. The van der Waals surface area contributed by atoms with Crippen LogP contribution in [0.4, 0.5) is 0 Å². The van der Waals surface area contributed by atoms with E-state index in [2.05, 4.69) is 11.6 Å². The number of nitrogens with zero attached hydrogens (tertiary/aromatic N) is 2. The number of amides is 2. The number of nitrogens with one attached hydrogen (secondary N) is 1. The summed E-state index contributed by atoms with van der Waals surface area (Å²) in [6, 6.07) is 14.6. The van der Waals surface area contributed by atoms with Gasteiger partial charge in [0.2, 0.25) is 10.0 Å². The van der Waals surface area contributed by atoms with Crippen molar-refractivity contribution in [2.24, 2.45) is 5.41 Å². The molecular formula is C29H39N3O4S. The molecule has 0 radical (unpaired) electrons. The molecule has 1 aliphatic heterocycles. The van der Waals surface area contributed by atoms with Crippen molar-refractivity contribution >= 4 is 21.8 Å². The van der Waals surface area contributed by atoms with E-state index in [0.717, 1.165) is 43.2 Å². The van der Waals surface area contributed by atoms with Gasteiger partial charge < -0.3 is 0 Å². The number of hydrogen-bond donors (Lipinski definition) is 1. The highest BCUT2D eigenvalue weighted by molar-refractivity contribution is 7.89. The van der Waals surface area contributed by atoms with Crippen molar-refractivity contribution in [2.45, 2.75) is 89.6 Å². The zero-order valence-corrected chi connectivity index (χ0v) is 23.2. The summed E-state index contributed by atoms with van der Waals surface area (Å²) >= 11 is 0. The Morgan fingerprint density at radius 3 is 2.14 bits per heavy atom. The van der Waals surface area contributed by atoms with Crippen molar-refractivity contribution in [2.75, 3.05) is 6.54 Å². The van der Waals surface area contributed by atoms with Gasteiger partial charge in [-0.2, -0.15) is 0 Å². The Labute approximate surface area is 221 Å². The molecule has 2 aliphatic rings. The molecule has 7 nitrogen and oxygen atoms in total. The van der Waals surface area contributed by atoms with Crippen LogP contribution in [0.15, 0.2) is 53.4 Å². The Hall–Kier alpha value is -2.71. The van der Waals surface area contributed by atoms with E-state index in [1.165, 1.54) is 0 Å². The SMILES string of the molecule is CCCCCN1C(=O)C2(CCCC2)C(=O)N1Cc1ccc(-c2ccccc2S(=O)(=O)NC(C)(C)C)cc1. The second kappa shape index (κ2) is 10.6. The van der Waals surface area contributed by atoms with Crippen LogP contribution in [0.1, 0.15) is 78.2 Å². The molecule has 1 spiro atoms. The van der Waals surface area contributed by atoms with Crippen molar-refractivity contribution in [3.8, 4) is 11.1 Å². The summed E-state index contributed by atoms with van der Waals surface area (Å²) in [5.74, 6) is -0.103. The minimum absolute atomic E-state index is 0.0341. The zero-order chi connectivity index (χ0) is 26.8. The molecule has 2 amide bonds. The largest absolute Gasteiger partial charge is 0.272 e. The lowest BCUT2D eigenvalue weighted by atomic mass is 9.85. The zero-order valence-electron chi connectivity index (χ0n) is 22.4. The van der Waals surface area contributed by atoms with Crippen LogP contribution in [0, 0.1) is 5.41 Å². The number of carbonyl (C=O) groups is 2. The molecule has 4 rings (SSSR count). The van der Waals surface area contributed by atoms with Gasteiger partial charge >= 0.3 is 0 Å². The molecule has 200 valence electrons. The summed E-state index contributed by atoms with van der Waals surface area (Å²) in [6.07, 6.45) is 6.03. The highest BCUT2D eigenvalue weighted by Gasteiger charge is 2.58. The molecular weight excluding hydrogens is 486 g/mol. The highest BCUT2D eigenvalue weighted by atomic mass is 32.2. The molecule has 1 N–H and O–H groups in total.